The fourth-order valence-electron chi connectivity index (χ4n) is 1.85. The second-order valence-electron chi connectivity index (χ2n) is 5.54. The van der Waals surface area contributed by atoms with Crippen molar-refractivity contribution in [3.8, 4) is 0 Å². The Kier molecular flexibility index (Phi) is 3.56. The molecule has 1 rings (SSSR count). The van der Waals surface area contributed by atoms with Crippen molar-refractivity contribution in [1.29, 1.82) is 0 Å². The highest BCUT2D eigenvalue weighted by Gasteiger charge is 2.30. The van der Waals surface area contributed by atoms with Gasteiger partial charge in [-0.25, -0.2) is 0 Å². The van der Waals surface area contributed by atoms with Crippen molar-refractivity contribution < 1.29 is 5.11 Å². The van der Waals surface area contributed by atoms with Crippen molar-refractivity contribution in [2.24, 2.45) is 0 Å². The minimum Gasteiger partial charge on any atom is -0.390 e. The van der Waals surface area contributed by atoms with E-state index in [9.17, 15) is 5.11 Å². The zero-order valence-corrected chi connectivity index (χ0v) is 9.93. The highest BCUT2D eigenvalue weighted by Crippen LogP contribution is 2.18. The summed E-state index contributed by atoms with van der Waals surface area (Å²) in [6.07, 6.45) is 0.844. The molecule has 2 N–H and O–H groups in total. The van der Waals surface area contributed by atoms with Crippen LogP contribution in [-0.2, 0) is 0 Å². The van der Waals surface area contributed by atoms with E-state index in [4.69, 9.17) is 0 Å². The van der Waals surface area contributed by atoms with Gasteiger partial charge in [-0.15, -0.1) is 0 Å². The number of piperazine rings is 1. The van der Waals surface area contributed by atoms with Crippen LogP contribution in [0, 0.1) is 0 Å². The molecule has 0 aromatic heterocycles. The quantitative estimate of drug-likeness (QED) is 0.708. The fraction of sp³-hybridized carbons (Fsp3) is 1.00. The molecule has 0 amide bonds. The summed E-state index contributed by atoms with van der Waals surface area (Å²) in [7, 11) is 0. The largest absolute Gasteiger partial charge is 0.390 e. The Labute approximate surface area is 87.5 Å². The first kappa shape index (κ1) is 12.0. The number of hydrogen-bond acceptors (Lipinski definition) is 3. The van der Waals surface area contributed by atoms with Crippen LogP contribution in [-0.4, -0.2) is 47.3 Å². The van der Waals surface area contributed by atoms with E-state index in [1.165, 1.54) is 0 Å². The lowest BCUT2D eigenvalue weighted by Crippen LogP contribution is -2.58. The molecule has 14 heavy (non-hydrogen) atoms. The molecule has 3 heteroatoms. The Morgan fingerprint density at radius 2 is 2.07 bits per heavy atom. The molecule has 3 nitrogen and oxygen atoms in total. The monoisotopic (exact) mass is 200 g/mol. The first-order valence-corrected chi connectivity index (χ1v) is 5.49. The summed E-state index contributed by atoms with van der Waals surface area (Å²) in [4.78, 5) is 2.46. The summed E-state index contributed by atoms with van der Waals surface area (Å²) >= 11 is 0. The van der Waals surface area contributed by atoms with Crippen molar-refractivity contribution in [2.45, 2.75) is 45.3 Å². The van der Waals surface area contributed by atoms with Crippen LogP contribution in [0.5, 0.6) is 0 Å². The summed E-state index contributed by atoms with van der Waals surface area (Å²) in [5, 5.41) is 13.1. The zero-order valence-electron chi connectivity index (χ0n) is 9.93. The first-order chi connectivity index (χ1) is 6.31. The van der Waals surface area contributed by atoms with Crippen molar-refractivity contribution in [3.05, 3.63) is 0 Å². The molecule has 0 radical (unpaired) electrons. The Balaban J connectivity index is 2.42. The van der Waals surface area contributed by atoms with Gasteiger partial charge in [0.25, 0.3) is 0 Å². The third-order valence-electron chi connectivity index (χ3n) is 2.97. The predicted molar refractivity (Wildman–Crippen MR) is 59.4 cm³/mol. The Hall–Kier alpha value is -0.120. The van der Waals surface area contributed by atoms with Crippen molar-refractivity contribution in [1.82, 2.24) is 10.2 Å². The molecule has 0 atom stereocenters. The number of aliphatic hydroxyl groups is 1. The first-order valence-electron chi connectivity index (χ1n) is 5.49. The smallest absolute Gasteiger partial charge is 0.0603 e. The van der Waals surface area contributed by atoms with Gasteiger partial charge in [0, 0.05) is 31.7 Å². The number of nitrogens with zero attached hydrogens (tertiary/aromatic N) is 1. The van der Waals surface area contributed by atoms with Crippen molar-refractivity contribution in [2.75, 3.05) is 26.2 Å². The summed E-state index contributed by atoms with van der Waals surface area (Å²) < 4.78 is 0. The van der Waals surface area contributed by atoms with Gasteiger partial charge in [-0.1, -0.05) is 0 Å². The predicted octanol–water partition coefficient (Wildman–Crippen LogP) is 0.831. The zero-order chi connectivity index (χ0) is 10.8. The van der Waals surface area contributed by atoms with Crippen LogP contribution in [0.3, 0.4) is 0 Å². The highest BCUT2D eigenvalue weighted by atomic mass is 16.3. The second kappa shape index (κ2) is 4.17. The summed E-state index contributed by atoms with van der Waals surface area (Å²) in [5.41, 5.74) is -0.315. The van der Waals surface area contributed by atoms with E-state index in [1.807, 2.05) is 13.8 Å². The molecule has 1 aliphatic rings. The van der Waals surface area contributed by atoms with E-state index >= 15 is 0 Å². The van der Waals surface area contributed by atoms with Gasteiger partial charge < -0.3 is 10.4 Å². The van der Waals surface area contributed by atoms with Crippen LogP contribution in [0.25, 0.3) is 0 Å². The maximum absolute atomic E-state index is 9.68. The van der Waals surface area contributed by atoms with Gasteiger partial charge in [-0.05, 0) is 34.1 Å². The van der Waals surface area contributed by atoms with Gasteiger partial charge in [-0.3, -0.25) is 4.90 Å². The average molecular weight is 200 g/mol. The molecule has 0 spiro atoms. The molecule has 1 fully saturated rings. The molecule has 0 unspecified atom stereocenters. The van der Waals surface area contributed by atoms with E-state index in [-0.39, 0.29) is 5.54 Å². The lowest BCUT2D eigenvalue weighted by Gasteiger charge is -2.43. The van der Waals surface area contributed by atoms with Gasteiger partial charge >= 0.3 is 0 Å². The number of rotatable bonds is 3. The normalized spacial score (nSPS) is 23.8. The third kappa shape index (κ3) is 3.56. The van der Waals surface area contributed by atoms with Crippen molar-refractivity contribution in [3.63, 3.8) is 0 Å². The fourth-order valence-corrected chi connectivity index (χ4v) is 1.85. The van der Waals surface area contributed by atoms with Gasteiger partial charge in [0.05, 0.1) is 5.60 Å². The molecule has 1 saturated heterocycles. The average Bonchev–Trinajstić information content (AvgIpc) is 2.00. The standard InChI is InChI=1S/C11H24N2O/c1-10(2)9-12-6-8-13(10)7-5-11(3,4)14/h12,14H,5-9H2,1-4H3. The third-order valence-corrected chi connectivity index (χ3v) is 2.97. The minimum absolute atomic E-state index is 0.226. The van der Waals surface area contributed by atoms with Crippen LogP contribution in [0.1, 0.15) is 34.1 Å². The van der Waals surface area contributed by atoms with Gasteiger partial charge in [0.15, 0.2) is 0 Å². The molecule has 84 valence electrons. The van der Waals surface area contributed by atoms with E-state index in [2.05, 4.69) is 24.1 Å². The lowest BCUT2D eigenvalue weighted by molar-refractivity contribution is 0.0285. The van der Waals surface area contributed by atoms with Crippen LogP contribution in [0.2, 0.25) is 0 Å². The molecular formula is C11H24N2O. The van der Waals surface area contributed by atoms with Crippen LogP contribution < -0.4 is 5.32 Å². The maximum atomic E-state index is 9.68. The molecular weight excluding hydrogens is 176 g/mol. The summed E-state index contributed by atoms with van der Waals surface area (Å²) in [5.74, 6) is 0. The van der Waals surface area contributed by atoms with Crippen LogP contribution in [0.15, 0.2) is 0 Å². The SMILES string of the molecule is CC(C)(O)CCN1CCNCC1(C)C. The van der Waals surface area contributed by atoms with Crippen LogP contribution in [0.4, 0.5) is 0 Å². The van der Waals surface area contributed by atoms with E-state index in [1.54, 1.807) is 0 Å². The second-order valence-corrected chi connectivity index (χ2v) is 5.54. The molecule has 1 aliphatic heterocycles. The van der Waals surface area contributed by atoms with E-state index < -0.39 is 5.60 Å². The van der Waals surface area contributed by atoms with Crippen LogP contribution >= 0.6 is 0 Å². The molecule has 0 aliphatic carbocycles. The lowest BCUT2D eigenvalue weighted by atomic mass is 9.97. The van der Waals surface area contributed by atoms with Gasteiger partial charge in [-0.2, -0.15) is 0 Å². The highest BCUT2D eigenvalue weighted by molar-refractivity contribution is 4.88. The minimum atomic E-state index is -0.541. The van der Waals surface area contributed by atoms with Crippen molar-refractivity contribution >= 4 is 0 Å². The molecule has 0 aromatic carbocycles. The maximum Gasteiger partial charge on any atom is 0.0603 e. The Morgan fingerprint density at radius 3 is 2.57 bits per heavy atom. The van der Waals surface area contributed by atoms with E-state index in [0.29, 0.717) is 0 Å². The number of nitrogens with one attached hydrogen (secondary N) is 1. The Bertz CT molecular complexity index is 184. The van der Waals surface area contributed by atoms with E-state index in [0.717, 1.165) is 32.6 Å². The Morgan fingerprint density at radius 1 is 1.43 bits per heavy atom. The molecule has 0 bridgehead atoms. The summed E-state index contributed by atoms with van der Waals surface area (Å²) in [6.45, 7) is 12.4. The topological polar surface area (TPSA) is 35.5 Å². The van der Waals surface area contributed by atoms with Gasteiger partial charge in [0.2, 0.25) is 0 Å². The molecule has 0 aromatic rings. The molecule has 0 saturated carbocycles. The molecule has 1 heterocycles. The summed E-state index contributed by atoms with van der Waals surface area (Å²) in [6, 6.07) is 0. The van der Waals surface area contributed by atoms with Gasteiger partial charge in [0.1, 0.15) is 0 Å². The number of hydrogen-bond donors (Lipinski definition) is 2.